The lowest BCUT2D eigenvalue weighted by molar-refractivity contribution is 0.199. The summed E-state index contributed by atoms with van der Waals surface area (Å²) in [6.45, 7) is 12.7. The molecule has 0 aliphatic heterocycles. The minimum Gasteiger partial charge on any atom is -0.310 e. The van der Waals surface area contributed by atoms with E-state index in [1.807, 2.05) is 0 Å². The minimum atomic E-state index is 0.461. The van der Waals surface area contributed by atoms with Gasteiger partial charge in [0.05, 0.1) is 0 Å². The first-order chi connectivity index (χ1) is 8.97. The molecule has 1 nitrogen and oxygen atoms in total. The fourth-order valence-corrected chi connectivity index (χ4v) is 3.77. The smallest absolute Gasteiger partial charge is 0.0356 e. The van der Waals surface area contributed by atoms with Crippen LogP contribution in [0.5, 0.6) is 0 Å². The molecule has 2 unspecified atom stereocenters. The molecule has 0 spiro atoms. The molecule has 19 heavy (non-hydrogen) atoms. The van der Waals surface area contributed by atoms with Crippen molar-refractivity contribution in [2.24, 2.45) is 11.3 Å². The van der Waals surface area contributed by atoms with Crippen molar-refractivity contribution in [1.82, 2.24) is 5.32 Å². The predicted octanol–water partition coefficient (Wildman–Crippen LogP) is 4.78. The average Bonchev–Trinajstić information content (AvgIpc) is 2.70. The molecule has 0 amide bonds. The van der Waals surface area contributed by atoms with E-state index in [1.165, 1.54) is 36.0 Å². The maximum absolute atomic E-state index is 3.76. The van der Waals surface area contributed by atoms with Crippen LogP contribution in [0.4, 0.5) is 0 Å². The number of benzene rings is 1. The van der Waals surface area contributed by atoms with Gasteiger partial charge in [-0.3, -0.25) is 0 Å². The third kappa shape index (κ3) is 2.86. The van der Waals surface area contributed by atoms with Gasteiger partial charge in [-0.2, -0.15) is 0 Å². The Morgan fingerprint density at radius 2 is 2.05 bits per heavy atom. The number of nitrogens with one attached hydrogen (secondary N) is 1. The van der Waals surface area contributed by atoms with Crippen LogP contribution in [0.15, 0.2) is 18.2 Å². The van der Waals surface area contributed by atoms with Crippen molar-refractivity contribution in [1.29, 1.82) is 0 Å². The summed E-state index contributed by atoms with van der Waals surface area (Å²) in [6, 6.07) is 7.28. The van der Waals surface area contributed by atoms with Gasteiger partial charge in [-0.1, -0.05) is 45.4 Å². The SMILES string of the molecule is CCNC(c1cccc(C)c1C)C1CCCC1(C)C. The molecule has 2 atom stereocenters. The predicted molar refractivity (Wildman–Crippen MR) is 83.5 cm³/mol. The van der Waals surface area contributed by atoms with Gasteiger partial charge in [-0.05, 0) is 61.3 Å². The summed E-state index contributed by atoms with van der Waals surface area (Å²) in [7, 11) is 0. The van der Waals surface area contributed by atoms with E-state index in [-0.39, 0.29) is 0 Å². The fourth-order valence-electron chi connectivity index (χ4n) is 3.77. The zero-order valence-electron chi connectivity index (χ0n) is 13.2. The van der Waals surface area contributed by atoms with E-state index in [2.05, 4.69) is 58.1 Å². The highest BCUT2D eigenvalue weighted by molar-refractivity contribution is 5.36. The van der Waals surface area contributed by atoms with Crippen LogP contribution in [0, 0.1) is 25.2 Å². The van der Waals surface area contributed by atoms with Gasteiger partial charge in [0.2, 0.25) is 0 Å². The normalized spacial score (nSPS) is 23.5. The van der Waals surface area contributed by atoms with E-state index >= 15 is 0 Å². The highest BCUT2D eigenvalue weighted by Crippen LogP contribution is 2.49. The molecule has 1 aliphatic rings. The lowest BCUT2D eigenvalue weighted by Crippen LogP contribution is -2.34. The van der Waals surface area contributed by atoms with Crippen molar-refractivity contribution < 1.29 is 0 Å². The molecule has 2 rings (SSSR count). The van der Waals surface area contributed by atoms with E-state index in [4.69, 9.17) is 0 Å². The van der Waals surface area contributed by atoms with Crippen molar-refractivity contribution in [2.45, 2.75) is 59.9 Å². The van der Waals surface area contributed by atoms with Crippen LogP contribution < -0.4 is 5.32 Å². The maximum Gasteiger partial charge on any atom is 0.0356 e. The first kappa shape index (κ1) is 14.6. The van der Waals surface area contributed by atoms with Crippen molar-refractivity contribution in [3.05, 3.63) is 34.9 Å². The second-order valence-corrected chi connectivity index (χ2v) is 6.81. The Bertz CT molecular complexity index is 433. The Hall–Kier alpha value is -0.820. The summed E-state index contributed by atoms with van der Waals surface area (Å²) in [5.74, 6) is 0.757. The van der Waals surface area contributed by atoms with Crippen LogP contribution in [0.3, 0.4) is 0 Å². The molecule has 0 aromatic heterocycles. The second-order valence-electron chi connectivity index (χ2n) is 6.81. The molecule has 1 heteroatoms. The number of hydrogen-bond acceptors (Lipinski definition) is 1. The molecule has 106 valence electrons. The Morgan fingerprint density at radius 3 is 2.63 bits per heavy atom. The first-order valence-electron chi connectivity index (χ1n) is 7.77. The molecule has 0 radical (unpaired) electrons. The van der Waals surface area contributed by atoms with Crippen molar-refractivity contribution in [3.8, 4) is 0 Å². The van der Waals surface area contributed by atoms with Gasteiger partial charge in [0.25, 0.3) is 0 Å². The molecule has 0 bridgehead atoms. The Labute approximate surface area is 118 Å². The zero-order valence-corrected chi connectivity index (χ0v) is 13.2. The number of rotatable bonds is 4. The van der Waals surface area contributed by atoms with Gasteiger partial charge in [0, 0.05) is 6.04 Å². The molecule has 1 aromatic carbocycles. The summed E-state index contributed by atoms with van der Waals surface area (Å²) in [5.41, 5.74) is 4.86. The largest absolute Gasteiger partial charge is 0.310 e. The molecule has 0 saturated heterocycles. The summed E-state index contributed by atoms with van der Waals surface area (Å²) in [4.78, 5) is 0. The van der Waals surface area contributed by atoms with E-state index in [0.717, 1.165) is 12.5 Å². The molecule has 0 heterocycles. The summed E-state index contributed by atoms with van der Waals surface area (Å²) < 4.78 is 0. The van der Waals surface area contributed by atoms with Crippen LogP contribution in [-0.2, 0) is 0 Å². The van der Waals surface area contributed by atoms with Gasteiger partial charge < -0.3 is 5.32 Å². The highest BCUT2D eigenvalue weighted by Gasteiger charge is 2.40. The summed E-state index contributed by atoms with van der Waals surface area (Å²) in [5, 5.41) is 3.76. The molecule has 1 N–H and O–H groups in total. The van der Waals surface area contributed by atoms with E-state index in [0.29, 0.717) is 11.5 Å². The van der Waals surface area contributed by atoms with Gasteiger partial charge >= 0.3 is 0 Å². The van der Waals surface area contributed by atoms with Gasteiger partial charge in [-0.15, -0.1) is 0 Å². The topological polar surface area (TPSA) is 12.0 Å². The monoisotopic (exact) mass is 259 g/mol. The molecule has 1 aromatic rings. The molecular formula is C18H29N. The second kappa shape index (κ2) is 5.66. The van der Waals surface area contributed by atoms with Gasteiger partial charge in [0.1, 0.15) is 0 Å². The standard InChI is InChI=1S/C18H29N/c1-6-19-17(16-11-8-12-18(16,4)5)15-10-7-9-13(2)14(15)3/h7,9-10,16-17,19H,6,8,11-12H2,1-5H3. The van der Waals surface area contributed by atoms with E-state index in [9.17, 15) is 0 Å². The van der Waals surface area contributed by atoms with Crippen LogP contribution >= 0.6 is 0 Å². The Kier molecular flexibility index (Phi) is 4.35. The lowest BCUT2D eigenvalue weighted by Gasteiger charge is -2.36. The quantitative estimate of drug-likeness (QED) is 0.820. The lowest BCUT2D eigenvalue weighted by atomic mass is 9.74. The molecule has 1 aliphatic carbocycles. The maximum atomic E-state index is 3.76. The highest BCUT2D eigenvalue weighted by atomic mass is 14.9. The van der Waals surface area contributed by atoms with E-state index in [1.54, 1.807) is 0 Å². The molecule has 1 saturated carbocycles. The average molecular weight is 259 g/mol. The van der Waals surface area contributed by atoms with Crippen molar-refractivity contribution >= 4 is 0 Å². The Balaban J connectivity index is 2.37. The van der Waals surface area contributed by atoms with Crippen LogP contribution in [-0.4, -0.2) is 6.54 Å². The van der Waals surface area contributed by atoms with Crippen LogP contribution in [0.2, 0.25) is 0 Å². The van der Waals surface area contributed by atoms with E-state index < -0.39 is 0 Å². The first-order valence-corrected chi connectivity index (χ1v) is 7.77. The third-order valence-electron chi connectivity index (χ3n) is 5.15. The number of aryl methyl sites for hydroxylation is 1. The number of hydrogen-bond donors (Lipinski definition) is 1. The fraction of sp³-hybridized carbons (Fsp3) is 0.667. The van der Waals surface area contributed by atoms with Crippen molar-refractivity contribution in [3.63, 3.8) is 0 Å². The van der Waals surface area contributed by atoms with Crippen molar-refractivity contribution in [2.75, 3.05) is 6.54 Å². The minimum absolute atomic E-state index is 0.461. The zero-order chi connectivity index (χ0) is 14.0. The third-order valence-corrected chi connectivity index (χ3v) is 5.15. The molecular weight excluding hydrogens is 230 g/mol. The van der Waals surface area contributed by atoms with Crippen LogP contribution in [0.1, 0.15) is 62.8 Å². The summed E-state index contributed by atoms with van der Waals surface area (Å²) >= 11 is 0. The Morgan fingerprint density at radius 1 is 1.32 bits per heavy atom. The van der Waals surface area contributed by atoms with Crippen LogP contribution in [0.25, 0.3) is 0 Å². The van der Waals surface area contributed by atoms with Gasteiger partial charge in [-0.25, -0.2) is 0 Å². The molecule has 1 fully saturated rings. The summed E-state index contributed by atoms with van der Waals surface area (Å²) in [6.07, 6.45) is 4.10. The van der Waals surface area contributed by atoms with Gasteiger partial charge in [0.15, 0.2) is 0 Å².